The third kappa shape index (κ3) is 4.19. The molecule has 0 aliphatic carbocycles. The van der Waals surface area contributed by atoms with Gasteiger partial charge in [-0.1, -0.05) is 30.3 Å². The SMILES string of the molecule is COc1cc2c(cc1OC)C(c1ccccc1)N(S(=O)(=O)CC1CCCCO1)CC2. The molecule has 2 aliphatic rings. The van der Waals surface area contributed by atoms with Gasteiger partial charge in [-0.15, -0.1) is 0 Å². The molecule has 2 heterocycles. The maximum Gasteiger partial charge on any atom is 0.217 e. The van der Waals surface area contributed by atoms with E-state index in [0.717, 1.165) is 36.0 Å². The minimum Gasteiger partial charge on any atom is -0.493 e. The molecule has 7 heteroatoms. The van der Waals surface area contributed by atoms with E-state index in [1.54, 1.807) is 18.5 Å². The predicted octanol–water partition coefficient (Wildman–Crippen LogP) is 3.55. The summed E-state index contributed by atoms with van der Waals surface area (Å²) in [6, 6.07) is 13.3. The molecule has 2 unspecified atom stereocenters. The molecular weight excluding hydrogens is 402 g/mol. The lowest BCUT2D eigenvalue weighted by atomic mass is 9.89. The number of fused-ring (bicyclic) bond motifs is 1. The molecule has 2 atom stereocenters. The summed E-state index contributed by atoms with van der Waals surface area (Å²) in [6.07, 6.45) is 3.21. The van der Waals surface area contributed by atoms with E-state index in [1.807, 2.05) is 42.5 Å². The van der Waals surface area contributed by atoms with E-state index in [-0.39, 0.29) is 11.9 Å². The second kappa shape index (κ2) is 8.96. The van der Waals surface area contributed by atoms with Gasteiger partial charge >= 0.3 is 0 Å². The van der Waals surface area contributed by atoms with Crippen molar-refractivity contribution in [3.63, 3.8) is 0 Å². The van der Waals surface area contributed by atoms with Crippen molar-refractivity contribution >= 4 is 10.0 Å². The smallest absolute Gasteiger partial charge is 0.217 e. The highest BCUT2D eigenvalue weighted by Crippen LogP contribution is 2.42. The number of hydrogen-bond donors (Lipinski definition) is 0. The second-order valence-corrected chi connectivity index (χ2v) is 9.81. The monoisotopic (exact) mass is 431 g/mol. The molecule has 0 amide bonds. The van der Waals surface area contributed by atoms with Crippen molar-refractivity contribution in [2.24, 2.45) is 0 Å². The summed E-state index contributed by atoms with van der Waals surface area (Å²) >= 11 is 0. The normalized spacial score (nSPS) is 22.3. The van der Waals surface area contributed by atoms with Crippen LogP contribution in [0.15, 0.2) is 42.5 Å². The first kappa shape index (κ1) is 21.2. The Morgan fingerprint density at radius 1 is 1.07 bits per heavy atom. The topological polar surface area (TPSA) is 65.1 Å². The Kier molecular flexibility index (Phi) is 6.32. The van der Waals surface area contributed by atoms with Gasteiger partial charge in [0.15, 0.2) is 11.5 Å². The fourth-order valence-corrected chi connectivity index (χ4v) is 6.32. The first-order chi connectivity index (χ1) is 14.5. The highest BCUT2D eigenvalue weighted by molar-refractivity contribution is 7.89. The molecule has 4 rings (SSSR count). The van der Waals surface area contributed by atoms with Crippen molar-refractivity contribution in [2.75, 3.05) is 33.1 Å². The average molecular weight is 432 g/mol. The zero-order valence-electron chi connectivity index (χ0n) is 17.5. The average Bonchev–Trinajstić information content (AvgIpc) is 2.78. The van der Waals surface area contributed by atoms with Crippen LogP contribution in [0, 0.1) is 0 Å². The summed E-state index contributed by atoms with van der Waals surface area (Å²) < 4.78 is 45.4. The standard InChI is InChI=1S/C23H29NO5S/c1-27-21-14-18-11-12-24(30(25,26)16-19-10-6-7-13-29-19)23(17-8-4-3-5-9-17)20(18)15-22(21)28-2/h3-5,8-9,14-15,19,23H,6-7,10-13,16H2,1-2H3. The van der Waals surface area contributed by atoms with Gasteiger partial charge in [0, 0.05) is 13.2 Å². The van der Waals surface area contributed by atoms with Crippen LogP contribution in [-0.2, 0) is 21.2 Å². The molecule has 2 aliphatic heterocycles. The Labute approximate surface area is 178 Å². The lowest BCUT2D eigenvalue weighted by Gasteiger charge is -2.38. The minimum absolute atomic E-state index is 0.0267. The lowest BCUT2D eigenvalue weighted by Crippen LogP contribution is -2.44. The number of ether oxygens (including phenoxy) is 3. The Hall–Kier alpha value is -2.09. The fraction of sp³-hybridized carbons (Fsp3) is 0.478. The zero-order chi connectivity index (χ0) is 21.1. The molecule has 0 bridgehead atoms. The number of benzene rings is 2. The van der Waals surface area contributed by atoms with Gasteiger partial charge in [0.2, 0.25) is 10.0 Å². The van der Waals surface area contributed by atoms with Gasteiger partial charge in [0.1, 0.15) is 0 Å². The van der Waals surface area contributed by atoms with E-state index in [9.17, 15) is 8.42 Å². The van der Waals surface area contributed by atoms with Crippen molar-refractivity contribution < 1.29 is 22.6 Å². The molecule has 0 radical (unpaired) electrons. The fourth-order valence-electron chi connectivity index (χ4n) is 4.47. The summed E-state index contributed by atoms with van der Waals surface area (Å²) in [5.41, 5.74) is 2.97. The van der Waals surface area contributed by atoms with Gasteiger partial charge in [-0.3, -0.25) is 0 Å². The third-order valence-corrected chi connectivity index (χ3v) is 7.87. The van der Waals surface area contributed by atoms with Crippen LogP contribution >= 0.6 is 0 Å². The van der Waals surface area contributed by atoms with Gasteiger partial charge in [-0.2, -0.15) is 4.31 Å². The van der Waals surface area contributed by atoms with Gasteiger partial charge < -0.3 is 14.2 Å². The molecule has 30 heavy (non-hydrogen) atoms. The summed E-state index contributed by atoms with van der Waals surface area (Å²) in [6.45, 7) is 1.07. The number of methoxy groups -OCH3 is 2. The number of nitrogens with zero attached hydrogens (tertiary/aromatic N) is 1. The molecule has 2 aromatic carbocycles. The molecule has 2 aromatic rings. The van der Waals surface area contributed by atoms with E-state index >= 15 is 0 Å². The second-order valence-electron chi connectivity index (χ2n) is 7.85. The molecule has 0 aromatic heterocycles. The number of sulfonamides is 1. The maximum atomic E-state index is 13.5. The van der Waals surface area contributed by atoms with Gasteiger partial charge in [0.25, 0.3) is 0 Å². The summed E-state index contributed by atoms with van der Waals surface area (Å²) in [4.78, 5) is 0. The van der Waals surface area contributed by atoms with Gasteiger partial charge in [-0.25, -0.2) is 8.42 Å². The Morgan fingerprint density at radius 3 is 2.47 bits per heavy atom. The van der Waals surface area contributed by atoms with Crippen molar-refractivity contribution in [2.45, 2.75) is 37.8 Å². The largest absolute Gasteiger partial charge is 0.493 e. The molecule has 1 saturated heterocycles. The Bertz CT molecular complexity index is 971. The summed E-state index contributed by atoms with van der Waals surface area (Å²) in [5.74, 6) is 1.29. The van der Waals surface area contributed by atoms with Crippen LogP contribution in [0.2, 0.25) is 0 Å². The molecular formula is C23H29NO5S. The van der Waals surface area contributed by atoms with Gasteiger partial charge in [0.05, 0.1) is 32.1 Å². The van der Waals surface area contributed by atoms with E-state index in [2.05, 4.69) is 0 Å². The van der Waals surface area contributed by atoms with Crippen LogP contribution in [-0.4, -0.2) is 52.0 Å². The number of rotatable bonds is 6. The predicted molar refractivity (Wildman–Crippen MR) is 116 cm³/mol. The first-order valence-corrected chi connectivity index (χ1v) is 12.1. The van der Waals surface area contributed by atoms with Crippen molar-refractivity contribution in [3.05, 3.63) is 59.2 Å². The van der Waals surface area contributed by atoms with Crippen LogP contribution in [0.5, 0.6) is 11.5 Å². The quantitative estimate of drug-likeness (QED) is 0.700. The highest BCUT2D eigenvalue weighted by Gasteiger charge is 2.38. The Morgan fingerprint density at radius 2 is 1.80 bits per heavy atom. The molecule has 0 N–H and O–H groups in total. The lowest BCUT2D eigenvalue weighted by molar-refractivity contribution is 0.0297. The third-order valence-electron chi connectivity index (χ3n) is 5.97. The summed E-state index contributed by atoms with van der Waals surface area (Å²) in [5, 5.41) is 0. The highest BCUT2D eigenvalue weighted by atomic mass is 32.2. The first-order valence-electron chi connectivity index (χ1n) is 10.4. The molecule has 162 valence electrons. The van der Waals surface area contributed by atoms with Crippen LogP contribution in [0.3, 0.4) is 0 Å². The minimum atomic E-state index is -3.52. The van der Waals surface area contributed by atoms with Crippen molar-refractivity contribution in [1.29, 1.82) is 0 Å². The van der Waals surface area contributed by atoms with E-state index in [1.165, 1.54) is 0 Å². The van der Waals surface area contributed by atoms with E-state index in [4.69, 9.17) is 14.2 Å². The van der Waals surface area contributed by atoms with Crippen LogP contribution < -0.4 is 9.47 Å². The van der Waals surface area contributed by atoms with Gasteiger partial charge in [-0.05, 0) is 54.5 Å². The van der Waals surface area contributed by atoms with Crippen LogP contribution in [0.1, 0.15) is 42.0 Å². The summed E-state index contributed by atoms with van der Waals surface area (Å²) in [7, 11) is -0.311. The van der Waals surface area contributed by atoms with Crippen molar-refractivity contribution in [3.8, 4) is 11.5 Å². The zero-order valence-corrected chi connectivity index (χ0v) is 18.4. The molecule has 0 spiro atoms. The Balaban J connectivity index is 1.76. The van der Waals surface area contributed by atoms with E-state index in [0.29, 0.717) is 31.1 Å². The van der Waals surface area contributed by atoms with E-state index < -0.39 is 16.1 Å². The molecule has 6 nitrogen and oxygen atoms in total. The maximum absolute atomic E-state index is 13.5. The molecule has 1 fully saturated rings. The van der Waals surface area contributed by atoms with Crippen LogP contribution in [0.25, 0.3) is 0 Å². The van der Waals surface area contributed by atoms with Crippen molar-refractivity contribution in [1.82, 2.24) is 4.31 Å². The molecule has 0 saturated carbocycles. The van der Waals surface area contributed by atoms with Crippen LogP contribution in [0.4, 0.5) is 0 Å². The number of hydrogen-bond acceptors (Lipinski definition) is 5.